The summed E-state index contributed by atoms with van der Waals surface area (Å²) < 4.78 is 35.2. The van der Waals surface area contributed by atoms with Gasteiger partial charge in [-0.3, -0.25) is 4.79 Å². The molecule has 0 fully saturated rings. The van der Waals surface area contributed by atoms with Crippen molar-refractivity contribution in [2.75, 3.05) is 29.9 Å². The van der Waals surface area contributed by atoms with Crippen molar-refractivity contribution in [3.8, 4) is 5.75 Å². The number of hydrogen-bond acceptors (Lipinski definition) is 6. The molecule has 1 aliphatic heterocycles. The number of carbonyl (C=O) groups excluding carboxylic acids is 1. The number of fused-ring (bicyclic) bond motifs is 1. The van der Waals surface area contributed by atoms with Gasteiger partial charge in [0.25, 0.3) is 0 Å². The third-order valence-electron chi connectivity index (χ3n) is 5.60. The molecule has 3 aromatic rings. The van der Waals surface area contributed by atoms with Crippen LogP contribution in [0.1, 0.15) is 41.3 Å². The number of Topliss-reactive ketones (excluding diaryl/α,β-unsaturated/α-hetero) is 1. The average Bonchev–Trinajstić information content (AvgIpc) is 3.24. The van der Waals surface area contributed by atoms with Gasteiger partial charge in [0.05, 0.1) is 11.5 Å². The third kappa shape index (κ3) is 4.12. The Hall–Kier alpha value is -3.55. The van der Waals surface area contributed by atoms with Gasteiger partial charge in [-0.2, -0.15) is 0 Å². The number of halogens is 2. The number of rotatable bonds is 8. The molecule has 166 valence electrons. The van der Waals surface area contributed by atoms with E-state index in [-0.39, 0.29) is 18.9 Å². The Labute approximate surface area is 185 Å². The molecule has 8 heteroatoms. The van der Waals surface area contributed by atoms with Crippen LogP contribution in [0.3, 0.4) is 0 Å². The summed E-state index contributed by atoms with van der Waals surface area (Å²) in [5.41, 5.74) is 0.764. The second kappa shape index (κ2) is 9.30. The Kier molecular flexibility index (Phi) is 6.30. The highest BCUT2D eigenvalue weighted by atomic mass is 19.1. The van der Waals surface area contributed by atoms with Gasteiger partial charge in [0.1, 0.15) is 24.1 Å². The molecule has 0 spiro atoms. The molecule has 1 atom stereocenters. The van der Waals surface area contributed by atoms with Gasteiger partial charge in [-0.25, -0.2) is 18.7 Å². The van der Waals surface area contributed by atoms with Gasteiger partial charge in [-0.15, -0.1) is 0 Å². The van der Waals surface area contributed by atoms with Crippen molar-refractivity contribution < 1.29 is 18.3 Å². The number of nitrogens with one attached hydrogen (secondary N) is 1. The maximum atomic E-state index is 15.1. The van der Waals surface area contributed by atoms with Crippen molar-refractivity contribution >= 4 is 17.4 Å². The van der Waals surface area contributed by atoms with Crippen LogP contribution in [0, 0.1) is 11.6 Å². The van der Waals surface area contributed by atoms with E-state index in [1.807, 2.05) is 12.1 Å². The molecule has 4 rings (SSSR count). The van der Waals surface area contributed by atoms with E-state index in [0.29, 0.717) is 11.4 Å². The summed E-state index contributed by atoms with van der Waals surface area (Å²) in [6.45, 7) is 6.06. The predicted octanol–water partition coefficient (Wildman–Crippen LogP) is 4.57. The summed E-state index contributed by atoms with van der Waals surface area (Å²) in [6.07, 6.45) is 3.26. The second-order valence-electron chi connectivity index (χ2n) is 7.46. The highest BCUT2D eigenvalue weighted by Crippen LogP contribution is 2.34. The molecule has 0 saturated heterocycles. The summed E-state index contributed by atoms with van der Waals surface area (Å²) in [7, 11) is 0. The van der Waals surface area contributed by atoms with Crippen LogP contribution < -0.4 is 15.0 Å². The molecule has 6 nitrogen and oxygen atoms in total. The smallest absolute Gasteiger partial charge is 0.178 e. The van der Waals surface area contributed by atoms with Crippen LogP contribution in [-0.2, 0) is 6.61 Å². The number of ether oxygens (including phenoxy) is 1. The minimum atomic E-state index is -1.000. The molecule has 1 aromatic carbocycles. The van der Waals surface area contributed by atoms with Gasteiger partial charge in [-0.05, 0) is 38.1 Å². The van der Waals surface area contributed by atoms with Crippen LogP contribution in [0.4, 0.5) is 20.4 Å². The summed E-state index contributed by atoms with van der Waals surface area (Å²) in [4.78, 5) is 23.7. The lowest BCUT2D eigenvalue weighted by Crippen LogP contribution is -2.22. The SMILES string of the molecule is CCN(CC)c1ccc(COc2ccc(F)c(C(=O)C3CNc4ncccc43)c2F)cn1. The molecular formula is C24H24F2N4O2. The van der Waals surface area contributed by atoms with Crippen molar-refractivity contribution in [1.29, 1.82) is 0 Å². The lowest BCUT2D eigenvalue weighted by atomic mass is 9.92. The standard InChI is InChI=1S/C24H24F2N4O2/c1-3-30(4-2)20-10-7-15(12-28-20)14-32-19-9-8-18(25)21(22(19)26)23(31)17-13-29-24-16(17)6-5-11-27-24/h5-12,17H,3-4,13-14H2,1-2H3,(H,27,29). The molecule has 1 N–H and O–H groups in total. The number of ketones is 1. The van der Waals surface area contributed by atoms with Crippen LogP contribution in [0.5, 0.6) is 5.75 Å². The van der Waals surface area contributed by atoms with E-state index in [0.717, 1.165) is 30.5 Å². The fraction of sp³-hybridized carbons (Fsp3) is 0.292. The zero-order valence-corrected chi connectivity index (χ0v) is 17.9. The number of pyridine rings is 2. The van der Waals surface area contributed by atoms with Gasteiger partial charge in [-0.1, -0.05) is 12.1 Å². The maximum absolute atomic E-state index is 15.1. The maximum Gasteiger partial charge on any atom is 0.178 e. The largest absolute Gasteiger partial charge is 0.486 e. The fourth-order valence-electron chi connectivity index (χ4n) is 3.83. The van der Waals surface area contributed by atoms with Crippen LogP contribution in [0.15, 0.2) is 48.8 Å². The molecule has 0 amide bonds. The van der Waals surface area contributed by atoms with Gasteiger partial charge in [0.15, 0.2) is 17.3 Å². The van der Waals surface area contributed by atoms with E-state index in [9.17, 15) is 9.18 Å². The van der Waals surface area contributed by atoms with Crippen LogP contribution in [0.25, 0.3) is 0 Å². The topological polar surface area (TPSA) is 67.3 Å². The average molecular weight is 438 g/mol. The van der Waals surface area contributed by atoms with E-state index >= 15 is 4.39 Å². The highest BCUT2D eigenvalue weighted by molar-refractivity contribution is 6.03. The number of aromatic nitrogens is 2. The minimum absolute atomic E-state index is 0.0411. The first-order valence-electron chi connectivity index (χ1n) is 10.6. The van der Waals surface area contributed by atoms with Crippen molar-refractivity contribution in [1.82, 2.24) is 9.97 Å². The van der Waals surface area contributed by atoms with E-state index in [4.69, 9.17) is 4.74 Å². The lowest BCUT2D eigenvalue weighted by Gasteiger charge is -2.19. The first kappa shape index (κ1) is 21.7. The highest BCUT2D eigenvalue weighted by Gasteiger charge is 2.34. The normalized spacial score (nSPS) is 14.6. The van der Waals surface area contributed by atoms with Crippen LogP contribution in [-0.4, -0.2) is 35.4 Å². The van der Waals surface area contributed by atoms with Gasteiger partial charge >= 0.3 is 0 Å². The van der Waals surface area contributed by atoms with E-state index < -0.39 is 28.9 Å². The Balaban J connectivity index is 1.52. The van der Waals surface area contributed by atoms with E-state index in [1.54, 1.807) is 24.5 Å². The van der Waals surface area contributed by atoms with Crippen molar-refractivity contribution in [3.63, 3.8) is 0 Å². The third-order valence-corrected chi connectivity index (χ3v) is 5.60. The number of benzene rings is 1. The number of anilines is 2. The monoisotopic (exact) mass is 438 g/mol. The molecule has 0 bridgehead atoms. The predicted molar refractivity (Wildman–Crippen MR) is 118 cm³/mol. The first-order chi connectivity index (χ1) is 15.5. The van der Waals surface area contributed by atoms with Gasteiger partial charge < -0.3 is 15.0 Å². The Bertz CT molecular complexity index is 1120. The minimum Gasteiger partial charge on any atom is -0.486 e. The van der Waals surface area contributed by atoms with Crippen molar-refractivity contribution in [3.05, 3.63) is 77.1 Å². The van der Waals surface area contributed by atoms with Gasteiger partial charge in [0.2, 0.25) is 0 Å². The molecular weight excluding hydrogens is 414 g/mol. The number of nitrogens with zero attached hydrogens (tertiary/aromatic N) is 3. The molecule has 0 radical (unpaired) electrons. The zero-order chi connectivity index (χ0) is 22.7. The van der Waals surface area contributed by atoms with E-state index in [2.05, 4.69) is 34.0 Å². The summed E-state index contributed by atoms with van der Waals surface area (Å²) >= 11 is 0. The molecule has 32 heavy (non-hydrogen) atoms. The number of carbonyl (C=O) groups is 1. The first-order valence-corrected chi connectivity index (χ1v) is 10.6. The molecule has 0 saturated carbocycles. The zero-order valence-electron chi connectivity index (χ0n) is 17.9. The molecule has 1 aliphatic rings. The van der Waals surface area contributed by atoms with Crippen LogP contribution in [0.2, 0.25) is 0 Å². The van der Waals surface area contributed by atoms with Crippen molar-refractivity contribution in [2.24, 2.45) is 0 Å². The Morgan fingerprint density at radius 1 is 1.16 bits per heavy atom. The molecule has 1 unspecified atom stereocenters. The van der Waals surface area contributed by atoms with Crippen LogP contribution >= 0.6 is 0 Å². The summed E-state index contributed by atoms with van der Waals surface area (Å²) in [5, 5.41) is 3.00. The molecule has 0 aliphatic carbocycles. The molecule has 2 aromatic heterocycles. The quantitative estimate of drug-likeness (QED) is 0.520. The Morgan fingerprint density at radius 3 is 2.69 bits per heavy atom. The number of hydrogen-bond donors (Lipinski definition) is 1. The van der Waals surface area contributed by atoms with Gasteiger partial charge in [0, 0.05) is 43.2 Å². The van der Waals surface area contributed by atoms with Crippen molar-refractivity contribution in [2.45, 2.75) is 26.4 Å². The second-order valence-corrected chi connectivity index (χ2v) is 7.46. The Morgan fingerprint density at radius 2 is 1.97 bits per heavy atom. The lowest BCUT2D eigenvalue weighted by molar-refractivity contribution is 0.0957. The summed E-state index contributed by atoms with van der Waals surface area (Å²) in [6, 6.07) is 9.40. The van der Waals surface area contributed by atoms with E-state index in [1.165, 1.54) is 6.07 Å². The summed E-state index contributed by atoms with van der Waals surface area (Å²) in [5.74, 6) is -2.05. The fourth-order valence-corrected chi connectivity index (χ4v) is 3.83. The molecule has 3 heterocycles.